The molecule has 0 saturated carbocycles. The fourth-order valence-electron chi connectivity index (χ4n) is 4.57. The second-order valence-electron chi connectivity index (χ2n) is 8.73. The Morgan fingerprint density at radius 1 is 0.711 bits per heavy atom. The third-order valence-corrected chi connectivity index (χ3v) is 7.61. The number of hydrogen-bond acceptors (Lipinski definition) is 4. The number of rotatable bonds is 3. The molecule has 2 aromatic carbocycles. The Balaban J connectivity index is 0.000000215. The van der Waals surface area contributed by atoms with Gasteiger partial charge in [0.2, 0.25) is 0 Å². The van der Waals surface area contributed by atoms with Crippen molar-refractivity contribution < 1.29 is 44.3 Å². The molecule has 2 aliphatic heterocycles. The largest absolute Gasteiger partial charge is 0.471 e. The number of alkyl halides is 6. The lowest BCUT2D eigenvalue weighted by molar-refractivity contribution is -0.186. The normalized spacial score (nSPS) is 20.2. The molecule has 0 bridgehead atoms. The van der Waals surface area contributed by atoms with Crippen LogP contribution in [-0.4, -0.2) is 55.5 Å². The van der Waals surface area contributed by atoms with Gasteiger partial charge < -0.3 is 9.80 Å². The van der Waals surface area contributed by atoms with Gasteiger partial charge in [-0.1, -0.05) is 42.5 Å². The minimum Gasteiger partial charge on any atom is -0.328 e. The molecule has 0 aliphatic carbocycles. The molecule has 38 heavy (non-hydrogen) atoms. The van der Waals surface area contributed by atoms with Gasteiger partial charge in [-0.15, -0.1) is 0 Å². The van der Waals surface area contributed by atoms with E-state index in [1.807, 2.05) is 0 Å². The van der Waals surface area contributed by atoms with Gasteiger partial charge in [-0.25, -0.2) is 8.42 Å². The molecule has 2 atom stereocenters. The number of carbonyl (C=O) groups is 2. The standard InChI is InChI=1S/C12H11ClF3NO3S.C12H12F3NO/c13-21(19,20)9-5-3-8(4-6-9)10-2-1-7-17(10)11(18)12(14,15)16;13-12(14,15)11(17)16-8-4-7-10(16)9-5-2-1-3-6-9/h3-6,10H,1-2,7H2;1-3,5-6,10H,4,7-8H2. The van der Waals surface area contributed by atoms with Crippen LogP contribution in [0, 0.1) is 0 Å². The molecular formula is C24H23ClF6N2O4S. The van der Waals surface area contributed by atoms with Crippen molar-refractivity contribution >= 4 is 31.5 Å². The fourth-order valence-corrected chi connectivity index (χ4v) is 5.34. The van der Waals surface area contributed by atoms with Gasteiger partial charge in [0.05, 0.1) is 17.0 Å². The molecule has 2 unspecified atom stereocenters. The van der Waals surface area contributed by atoms with E-state index in [1.54, 1.807) is 30.3 Å². The van der Waals surface area contributed by atoms with Crippen LogP contribution in [-0.2, 0) is 18.6 Å². The molecule has 0 spiro atoms. The number of amides is 2. The molecule has 208 valence electrons. The zero-order valence-electron chi connectivity index (χ0n) is 19.7. The molecule has 0 aromatic heterocycles. The van der Waals surface area contributed by atoms with Crippen molar-refractivity contribution in [3.8, 4) is 0 Å². The molecule has 6 nitrogen and oxygen atoms in total. The van der Waals surface area contributed by atoms with Crippen molar-refractivity contribution in [1.29, 1.82) is 0 Å². The predicted molar refractivity (Wildman–Crippen MR) is 125 cm³/mol. The van der Waals surface area contributed by atoms with Crippen LogP contribution in [0.4, 0.5) is 26.3 Å². The number of likely N-dealkylation sites (tertiary alicyclic amines) is 2. The van der Waals surface area contributed by atoms with E-state index in [0.717, 1.165) is 15.4 Å². The molecule has 2 saturated heterocycles. The summed E-state index contributed by atoms with van der Waals surface area (Å²) in [7, 11) is 1.28. The number of halogens is 7. The van der Waals surface area contributed by atoms with E-state index in [1.165, 1.54) is 24.3 Å². The summed E-state index contributed by atoms with van der Waals surface area (Å²) in [5.41, 5.74) is 1.22. The van der Waals surface area contributed by atoms with Crippen LogP contribution in [0.15, 0.2) is 59.5 Å². The molecule has 2 fully saturated rings. The summed E-state index contributed by atoms with van der Waals surface area (Å²) < 4.78 is 97.0. The predicted octanol–water partition coefficient (Wildman–Crippen LogP) is 5.75. The van der Waals surface area contributed by atoms with Gasteiger partial charge >= 0.3 is 24.2 Å². The van der Waals surface area contributed by atoms with Gasteiger partial charge in [0.1, 0.15) is 0 Å². The van der Waals surface area contributed by atoms with Gasteiger partial charge in [-0.05, 0) is 48.9 Å². The monoisotopic (exact) mass is 584 g/mol. The Hall–Kier alpha value is -2.80. The fraction of sp³-hybridized carbons (Fsp3) is 0.417. The van der Waals surface area contributed by atoms with Crippen LogP contribution in [0.1, 0.15) is 48.9 Å². The molecule has 2 aromatic rings. The van der Waals surface area contributed by atoms with E-state index < -0.39 is 45.3 Å². The van der Waals surface area contributed by atoms with Gasteiger partial charge in [-0.2, -0.15) is 26.3 Å². The Morgan fingerprint density at radius 2 is 1.11 bits per heavy atom. The summed E-state index contributed by atoms with van der Waals surface area (Å²) in [5.74, 6) is -3.61. The van der Waals surface area contributed by atoms with E-state index in [0.29, 0.717) is 31.2 Å². The summed E-state index contributed by atoms with van der Waals surface area (Å²) >= 11 is 0. The van der Waals surface area contributed by atoms with Crippen LogP contribution in [0.5, 0.6) is 0 Å². The lowest BCUT2D eigenvalue weighted by atomic mass is 10.0. The van der Waals surface area contributed by atoms with E-state index in [-0.39, 0.29) is 18.0 Å². The summed E-state index contributed by atoms with van der Waals surface area (Å²) in [5, 5.41) is 0. The quantitative estimate of drug-likeness (QED) is 0.340. The molecule has 4 rings (SSSR count). The second-order valence-corrected chi connectivity index (χ2v) is 11.3. The number of hydrogen-bond donors (Lipinski definition) is 0. The SMILES string of the molecule is O=C(N1CCCC1c1ccc(S(=O)(=O)Cl)cc1)C(F)(F)F.O=C(N1CCCC1c1ccccc1)C(F)(F)F. The molecule has 0 radical (unpaired) electrons. The first-order valence-corrected chi connectivity index (χ1v) is 13.8. The van der Waals surface area contributed by atoms with Crippen LogP contribution in [0.2, 0.25) is 0 Å². The van der Waals surface area contributed by atoms with Crippen molar-refractivity contribution in [1.82, 2.24) is 9.80 Å². The van der Waals surface area contributed by atoms with Crippen molar-refractivity contribution in [2.24, 2.45) is 0 Å². The third-order valence-electron chi connectivity index (χ3n) is 6.24. The van der Waals surface area contributed by atoms with Gasteiger partial charge in [0, 0.05) is 23.8 Å². The highest BCUT2D eigenvalue weighted by atomic mass is 35.7. The minimum absolute atomic E-state index is 0.0264. The van der Waals surface area contributed by atoms with Crippen molar-refractivity contribution in [2.75, 3.05) is 13.1 Å². The summed E-state index contributed by atoms with van der Waals surface area (Å²) in [6.45, 7) is 0.205. The molecule has 2 amide bonds. The Labute approximate surface area is 219 Å². The maximum absolute atomic E-state index is 12.5. The lowest BCUT2D eigenvalue weighted by Crippen LogP contribution is -2.40. The summed E-state index contributed by atoms with van der Waals surface area (Å²) in [4.78, 5) is 24.2. The average Bonchev–Trinajstić information content (AvgIpc) is 3.52. The third kappa shape index (κ3) is 7.19. The molecular weight excluding hydrogens is 562 g/mol. The van der Waals surface area contributed by atoms with Gasteiger partial charge in [0.25, 0.3) is 9.05 Å². The number of carbonyl (C=O) groups excluding carboxylic acids is 2. The van der Waals surface area contributed by atoms with Gasteiger partial charge in [0.15, 0.2) is 0 Å². The highest BCUT2D eigenvalue weighted by molar-refractivity contribution is 8.13. The lowest BCUT2D eigenvalue weighted by Gasteiger charge is -2.26. The van der Waals surface area contributed by atoms with E-state index in [9.17, 15) is 44.3 Å². The Bertz CT molecular complexity index is 1240. The molecule has 14 heteroatoms. The highest BCUT2D eigenvalue weighted by Gasteiger charge is 2.47. The number of benzene rings is 2. The van der Waals surface area contributed by atoms with Crippen LogP contribution >= 0.6 is 10.7 Å². The zero-order valence-corrected chi connectivity index (χ0v) is 21.2. The molecule has 2 aliphatic rings. The van der Waals surface area contributed by atoms with Crippen LogP contribution < -0.4 is 0 Å². The van der Waals surface area contributed by atoms with Crippen LogP contribution in [0.3, 0.4) is 0 Å². The zero-order chi connectivity index (χ0) is 28.3. The van der Waals surface area contributed by atoms with E-state index >= 15 is 0 Å². The topological polar surface area (TPSA) is 74.8 Å². The Morgan fingerprint density at radius 3 is 1.47 bits per heavy atom. The summed E-state index contributed by atoms with van der Waals surface area (Å²) in [6.07, 6.45) is -7.64. The average molecular weight is 585 g/mol. The van der Waals surface area contributed by atoms with E-state index in [2.05, 4.69) is 0 Å². The first-order valence-electron chi connectivity index (χ1n) is 11.5. The summed E-state index contributed by atoms with van der Waals surface area (Å²) in [6, 6.07) is 12.9. The second kappa shape index (κ2) is 11.5. The molecule has 2 heterocycles. The van der Waals surface area contributed by atoms with Crippen LogP contribution in [0.25, 0.3) is 0 Å². The Kier molecular flexibility index (Phi) is 9.02. The highest BCUT2D eigenvalue weighted by Crippen LogP contribution is 2.36. The minimum atomic E-state index is -4.91. The smallest absolute Gasteiger partial charge is 0.328 e. The maximum Gasteiger partial charge on any atom is 0.471 e. The maximum atomic E-state index is 12.5. The van der Waals surface area contributed by atoms with Crippen molar-refractivity contribution in [3.63, 3.8) is 0 Å². The first kappa shape index (κ1) is 29.8. The van der Waals surface area contributed by atoms with E-state index in [4.69, 9.17) is 10.7 Å². The van der Waals surface area contributed by atoms with Crippen molar-refractivity contribution in [2.45, 2.75) is 55.0 Å². The molecule has 0 N–H and O–H groups in total. The van der Waals surface area contributed by atoms with Gasteiger partial charge in [-0.3, -0.25) is 9.59 Å². The number of nitrogens with zero attached hydrogens (tertiary/aromatic N) is 2. The first-order chi connectivity index (χ1) is 17.6. The van der Waals surface area contributed by atoms with Crippen molar-refractivity contribution in [3.05, 3.63) is 65.7 Å².